The number of amides is 1. The number of rotatable bonds is 4. The van der Waals surface area contributed by atoms with Crippen molar-refractivity contribution in [1.29, 1.82) is 0 Å². The first-order valence-electron chi connectivity index (χ1n) is 7.25. The molecule has 2 rings (SSSR count). The highest BCUT2D eigenvalue weighted by molar-refractivity contribution is 5.85. The second-order valence-corrected chi connectivity index (χ2v) is 5.61. The molecule has 1 aromatic rings. The molecule has 126 valence electrons. The van der Waals surface area contributed by atoms with Crippen LogP contribution in [0.15, 0.2) is 0 Å². The van der Waals surface area contributed by atoms with Gasteiger partial charge in [-0.15, -0.1) is 12.4 Å². The molecule has 0 bridgehead atoms. The normalized spacial score (nSPS) is 21.5. The van der Waals surface area contributed by atoms with Gasteiger partial charge < -0.3 is 10.6 Å². The third-order valence-corrected chi connectivity index (χ3v) is 4.11. The van der Waals surface area contributed by atoms with Crippen LogP contribution in [0.1, 0.15) is 43.3 Å². The van der Waals surface area contributed by atoms with E-state index in [0.29, 0.717) is 21.6 Å². The molecule has 5 nitrogen and oxygen atoms in total. The van der Waals surface area contributed by atoms with Crippen molar-refractivity contribution < 1.29 is 13.6 Å². The molecule has 1 aliphatic rings. The number of carbonyl (C=O) groups excluding carboxylic acids is 1. The summed E-state index contributed by atoms with van der Waals surface area (Å²) >= 11 is 0. The van der Waals surface area contributed by atoms with Gasteiger partial charge in [0, 0.05) is 23.3 Å². The van der Waals surface area contributed by atoms with Gasteiger partial charge in [-0.3, -0.25) is 4.79 Å². The van der Waals surface area contributed by atoms with E-state index < -0.39 is 6.55 Å². The molecule has 8 heteroatoms. The maximum Gasteiger partial charge on any atom is 0.333 e. The van der Waals surface area contributed by atoms with Gasteiger partial charge in [0.15, 0.2) is 0 Å². The lowest BCUT2D eigenvalue weighted by Gasteiger charge is -2.30. The summed E-state index contributed by atoms with van der Waals surface area (Å²) in [6, 6.07) is 0.325. The van der Waals surface area contributed by atoms with Crippen LogP contribution in [0.3, 0.4) is 0 Å². The summed E-state index contributed by atoms with van der Waals surface area (Å²) in [4.78, 5) is 12.1. The van der Waals surface area contributed by atoms with Crippen molar-refractivity contribution >= 4 is 18.3 Å². The Balaban J connectivity index is 0.00000242. The van der Waals surface area contributed by atoms with Crippen LogP contribution in [0.4, 0.5) is 8.78 Å². The number of nitrogens with one attached hydrogen (secondary N) is 2. The van der Waals surface area contributed by atoms with Crippen LogP contribution in [0, 0.1) is 13.8 Å². The molecule has 2 heterocycles. The lowest BCUT2D eigenvalue weighted by Crippen LogP contribution is -2.52. The van der Waals surface area contributed by atoms with Crippen LogP contribution in [0.2, 0.25) is 0 Å². The van der Waals surface area contributed by atoms with Crippen LogP contribution in [-0.4, -0.2) is 34.3 Å². The standard InChI is InChI=1S/C14H22F2N4O.ClH/c1-8-11(10(3)20(19-8)14(15)16)7-13(21)18-12-5-4-6-17-9(12)2;/h9,12,14,17H,4-7H2,1-3H3,(H,18,21);1H. The third-order valence-electron chi connectivity index (χ3n) is 4.11. The van der Waals surface area contributed by atoms with Gasteiger partial charge in [0.25, 0.3) is 0 Å². The molecular weight excluding hydrogens is 314 g/mol. The zero-order chi connectivity index (χ0) is 15.6. The first-order chi connectivity index (χ1) is 9.90. The van der Waals surface area contributed by atoms with Gasteiger partial charge in [-0.1, -0.05) is 0 Å². The minimum absolute atomic E-state index is 0. The first-order valence-corrected chi connectivity index (χ1v) is 7.25. The highest BCUT2D eigenvalue weighted by Crippen LogP contribution is 2.20. The molecule has 0 aliphatic carbocycles. The van der Waals surface area contributed by atoms with E-state index in [2.05, 4.69) is 15.7 Å². The molecule has 0 aromatic carbocycles. The molecule has 0 radical (unpaired) electrons. The average molecular weight is 337 g/mol. The molecule has 1 aliphatic heterocycles. The molecular formula is C14H23ClF2N4O. The van der Waals surface area contributed by atoms with E-state index in [0.717, 1.165) is 19.4 Å². The van der Waals surface area contributed by atoms with E-state index in [9.17, 15) is 13.6 Å². The Bertz CT molecular complexity index is 521. The van der Waals surface area contributed by atoms with E-state index in [1.165, 1.54) is 0 Å². The lowest BCUT2D eigenvalue weighted by atomic mass is 9.99. The summed E-state index contributed by atoms with van der Waals surface area (Å²) < 4.78 is 26.2. The average Bonchev–Trinajstić information content (AvgIpc) is 2.69. The van der Waals surface area contributed by atoms with Crippen molar-refractivity contribution in [2.75, 3.05) is 6.54 Å². The summed E-state index contributed by atoms with van der Waals surface area (Å²) in [5.74, 6) is -0.143. The largest absolute Gasteiger partial charge is 0.352 e. The lowest BCUT2D eigenvalue weighted by molar-refractivity contribution is -0.121. The summed E-state index contributed by atoms with van der Waals surface area (Å²) in [7, 11) is 0. The molecule has 22 heavy (non-hydrogen) atoms. The molecule has 1 fully saturated rings. The van der Waals surface area contributed by atoms with Gasteiger partial charge in [-0.2, -0.15) is 13.9 Å². The summed E-state index contributed by atoms with van der Waals surface area (Å²) in [6.45, 7) is 3.55. The zero-order valence-electron chi connectivity index (χ0n) is 13.0. The molecule has 0 saturated carbocycles. The monoisotopic (exact) mass is 336 g/mol. The molecule has 2 unspecified atom stereocenters. The Hall–Kier alpha value is -1.21. The number of carbonyl (C=O) groups is 1. The second-order valence-electron chi connectivity index (χ2n) is 5.61. The van der Waals surface area contributed by atoms with Crippen molar-refractivity contribution in [2.24, 2.45) is 0 Å². The molecule has 1 aromatic heterocycles. The number of aryl methyl sites for hydroxylation is 1. The Morgan fingerprint density at radius 2 is 2.18 bits per heavy atom. The molecule has 0 spiro atoms. The minimum atomic E-state index is -2.68. The van der Waals surface area contributed by atoms with Crippen LogP contribution in [0.25, 0.3) is 0 Å². The number of nitrogens with zero attached hydrogens (tertiary/aromatic N) is 2. The minimum Gasteiger partial charge on any atom is -0.352 e. The van der Waals surface area contributed by atoms with Gasteiger partial charge in [-0.05, 0) is 40.2 Å². The van der Waals surface area contributed by atoms with Crippen molar-refractivity contribution in [2.45, 2.75) is 58.7 Å². The Kier molecular flexibility index (Phi) is 6.74. The fourth-order valence-corrected chi connectivity index (χ4v) is 2.80. The predicted molar refractivity (Wildman–Crippen MR) is 82.5 cm³/mol. The van der Waals surface area contributed by atoms with Crippen LogP contribution in [0.5, 0.6) is 0 Å². The van der Waals surface area contributed by atoms with Crippen molar-refractivity contribution in [3.8, 4) is 0 Å². The van der Waals surface area contributed by atoms with Gasteiger partial charge >= 0.3 is 6.55 Å². The van der Waals surface area contributed by atoms with Gasteiger partial charge in [-0.25, -0.2) is 4.68 Å². The van der Waals surface area contributed by atoms with Crippen molar-refractivity contribution in [3.63, 3.8) is 0 Å². The van der Waals surface area contributed by atoms with E-state index in [1.54, 1.807) is 13.8 Å². The quantitative estimate of drug-likeness (QED) is 0.885. The molecule has 1 saturated heterocycles. The van der Waals surface area contributed by atoms with Crippen LogP contribution in [-0.2, 0) is 11.2 Å². The first kappa shape index (κ1) is 18.8. The number of alkyl halides is 2. The number of hydrogen-bond donors (Lipinski definition) is 2. The SMILES string of the molecule is Cc1nn(C(F)F)c(C)c1CC(=O)NC1CCCNC1C.Cl. The summed E-state index contributed by atoms with van der Waals surface area (Å²) in [6.07, 6.45) is 2.05. The highest BCUT2D eigenvalue weighted by atomic mass is 35.5. The third kappa shape index (κ3) is 4.16. The second kappa shape index (κ2) is 7.87. The number of aromatic nitrogens is 2. The van der Waals surface area contributed by atoms with Crippen LogP contribution < -0.4 is 10.6 Å². The van der Waals surface area contributed by atoms with Gasteiger partial charge in [0.1, 0.15) is 0 Å². The molecule has 1 amide bonds. The van der Waals surface area contributed by atoms with E-state index >= 15 is 0 Å². The van der Waals surface area contributed by atoms with Gasteiger partial charge in [0.2, 0.25) is 5.91 Å². The van der Waals surface area contributed by atoms with E-state index in [-0.39, 0.29) is 36.8 Å². The molecule has 2 N–H and O–H groups in total. The predicted octanol–water partition coefficient (Wildman–Crippen LogP) is 2.12. The maximum atomic E-state index is 12.8. The topological polar surface area (TPSA) is 59.0 Å². The Morgan fingerprint density at radius 3 is 2.73 bits per heavy atom. The fraction of sp³-hybridized carbons (Fsp3) is 0.714. The Morgan fingerprint density at radius 1 is 1.50 bits per heavy atom. The number of halogens is 3. The molecule has 2 atom stereocenters. The Labute approximate surface area is 135 Å². The zero-order valence-corrected chi connectivity index (χ0v) is 13.8. The summed E-state index contributed by atoms with van der Waals surface area (Å²) in [5, 5.41) is 10.1. The summed E-state index contributed by atoms with van der Waals surface area (Å²) in [5.41, 5.74) is 1.43. The number of hydrogen-bond acceptors (Lipinski definition) is 3. The number of piperidine rings is 1. The van der Waals surface area contributed by atoms with Crippen LogP contribution >= 0.6 is 12.4 Å². The maximum absolute atomic E-state index is 12.8. The van der Waals surface area contributed by atoms with E-state index in [4.69, 9.17) is 0 Å². The fourth-order valence-electron chi connectivity index (χ4n) is 2.80. The smallest absolute Gasteiger partial charge is 0.333 e. The highest BCUT2D eigenvalue weighted by Gasteiger charge is 2.24. The van der Waals surface area contributed by atoms with Crippen molar-refractivity contribution in [3.05, 3.63) is 17.0 Å². The van der Waals surface area contributed by atoms with Gasteiger partial charge in [0.05, 0.1) is 12.1 Å². The van der Waals surface area contributed by atoms with E-state index in [1.807, 2.05) is 6.92 Å². The van der Waals surface area contributed by atoms with Crippen molar-refractivity contribution in [1.82, 2.24) is 20.4 Å².